The maximum atomic E-state index is 10.8. The number of hydrogen-bond donors (Lipinski definition) is 1. The molecule has 0 aromatic rings. The molecule has 1 unspecified atom stereocenters. The van der Waals surface area contributed by atoms with E-state index in [4.69, 9.17) is 4.55 Å². The minimum absolute atomic E-state index is 0.116. The molecule has 5 heteroatoms. The van der Waals surface area contributed by atoms with E-state index in [2.05, 4.69) is 11.8 Å². The summed E-state index contributed by atoms with van der Waals surface area (Å²) in [5.74, 6) is -0.116. The minimum Gasteiger partial charge on any atom is -0.306 e. The van der Waals surface area contributed by atoms with Gasteiger partial charge in [0.25, 0.3) is 10.1 Å². The standard InChI is InChI=1S/C17H37NO3S/c1-4-5-6-7-8-9-10-11-12-14-17(18(2)3)15-13-16-22(19,20)21/h17H,4-16H2,1-3H3,(H,19,20,21). The average molecular weight is 336 g/mol. The highest BCUT2D eigenvalue weighted by molar-refractivity contribution is 7.85. The molecule has 0 bridgehead atoms. The molecule has 0 radical (unpaired) electrons. The molecule has 0 amide bonds. The van der Waals surface area contributed by atoms with Gasteiger partial charge in [-0.05, 0) is 33.4 Å². The number of nitrogens with zero attached hydrogens (tertiary/aromatic N) is 1. The molecule has 0 aliphatic rings. The van der Waals surface area contributed by atoms with Crippen LogP contribution in [-0.2, 0) is 10.1 Å². The van der Waals surface area contributed by atoms with Gasteiger partial charge in [-0.3, -0.25) is 4.55 Å². The predicted octanol–water partition coefficient (Wildman–Crippen LogP) is 4.51. The molecule has 0 aromatic heterocycles. The highest BCUT2D eigenvalue weighted by atomic mass is 32.2. The second kappa shape index (κ2) is 13.3. The summed E-state index contributed by atoms with van der Waals surface area (Å²) in [6.07, 6.45) is 14.5. The summed E-state index contributed by atoms with van der Waals surface area (Å²) < 4.78 is 30.3. The van der Waals surface area contributed by atoms with E-state index < -0.39 is 10.1 Å². The maximum absolute atomic E-state index is 10.8. The summed E-state index contributed by atoms with van der Waals surface area (Å²) in [5, 5.41) is 0. The molecule has 22 heavy (non-hydrogen) atoms. The van der Waals surface area contributed by atoms with Crippen LogP contribution < -0.4 is 0 Å². The topological polar surface area (TPSA) is 57.6 Å². The minimum atomic E-state index is -3.81. The van der Waals surface area contributed by atoms with Gasteiger partial charge < -0.3 is 4.90 Å². The van der Waals surface area contributed by atoms with Crippen LogP contribution in [0, 0.1) is 0 Å². The van der Waals surface area contributed by atoms with E-state index >= 15 is 0 Å². The smallest absolute Gasteiger partial charge is 0.264 e. The second-order valence-electron chi connectivity index (χ2n) is 6.66. The van der Waals surface area contributed by atoms with Crippen LogP contribution in [0.4, 0.5) is 0 Å². The molecule has 0 rings (SSSR count). The highest BCUT2D eigenvalue weighted by Gasteiger charge is 2.13. The molecule has 0 aliphatic heterocycles. The number of unbranched alkanes of at least 4 members (excludes halogenated alkanes) is 8. The lowest BCUT2D eigenvalue weighted by Gasteiger charge is -2.24. The quantitative estimate of drug-likeness (QED) is 0.353. The molecule has 0 heterocycles. The van der Waals surface area contributed by atoms with E-state index in [1.165, 1.54) is 57.8 Å². The molecule has 1 N–H and O–H groups in total. The van der Waals surface area contributed by atoms with Crippen molar-refractivity contribution in [2.75, 3.05) is 19.8 Å². The van der Waals surface area contributed by atoms with Crippen LogP contribution in [0.25, 0.3) is 0 Å². The Morgan fingerprint density at radius 1 is 0.818 bits per heavy atom. The monoisotopic (exact) mass is 335 g/mol. The molecule has 1 atom stereocenters. The highest BCUT2D eigenvalue weighted by Crippen LogP contribution is 2.15. The average Bonchev–Trinajstić information content (AvgIpc) is 2.42. The zero-order valence-electron chi connectivity index (χ0n) is 14.9. The summed E-state index contributed by atoms with van der Waals surface area (Å²) in [6, 6.07) is 0.423. The summed E-state index contributed by atoms with van der Waals surface area (Å²) >= 11 is 0. The van der Waals surface area contributed by atoms with Crippen molar-refractivity contribution in [2.24, 2.45) is 0 Å². The van der Waals surface area contributed by atoms with Gasteiger partial charge in [0.15, 0.2) is 0 Å². The van der Waals surface area contributed by atoms with Crippen molar-refractivity contribution >= 4 is 10.1 Å². The lowest BCUT2D eigenvalue weighted by molar-refractivity contribution is 0.255. The van der Waals surface area contributed by atoms with Gasteiger partial charge in [0.2, 0.25) is 0 Å². The Labute approximate surface area is 138 Å². The van der Waals surface area contributed by atoms with E-state index in [1.54, 1.807) is 0 Å². The van der Waals surface area contributed by atoms with Crippen LogP contribution >= 0.6 is 0 Å². The van der Waals surface area contributed by atoms with Crippen molar-refractivity contribution in [1.82, 2.24) is 4.90 Å². The van der Waals surface area contributed by atoms with Gasteiger partial charge in [-0.15, -0.1) is 0 Å². The molecular weight excluding hydrogens is 298 g/mol. The van der Waals surface area contributed by atoms with Crippen LogP contribution in [-0.4, -0.2) is 43.8 Å². The number of rotatable bonds is 15. The third-order valence-corrected chi connectivity index (χ3v) is 5.12. The second-order valence-corrected chi connectivity index (χ2v) is 8.23. The van der Waals surface area contributed by atoms with E-state index in [-0.39, 0.29) is 5.75 Å². The summed E-state index contributed by atoms with van der Waals surface area (Å²) in [7, 11) is 0.289. The molecule has 134 valence electrons. The fourth-order valence-electron chi connectivity index (χ4n) is 2.85. The Hall–Kier alpha value is -0.130. The maximum Gasteiger partial charge on any atom is 0.264 e. The van der Waals surface area contributed by atoms with Crippen molar-refractivity contribution in [2.45, 2.75) is 90.0 Å². The van der Waals surface area contributed by atoms with Crippen molar-refractivity contribution in [3.05, 3.63) is 0 Å². The molecule has 0 fully saturated rings. The molecule has 0 saturated carbocycles. The van der Waals surface area contributed by atoms with Crippen molar-refractivity contribution in [3.8, 4) is 0 Å². The van der Waals surface area contributed by atoms with Gasteiger partial charge in [0, 0.05) is 6.04 Å². The molecule has 0 aromatic carbocycles. The zero-order chi connectivity index (χ0) is 16.8. The van der Waals surface area contributed by atoms with Crippen LogP contribution in [0.2, 0.25) is 0 Å². The van der Waals surface area contributed by atoms with Crippen molar-refractivity contribution in [1.29, 1.82) is 0 Å². The van der Waals surface area contributed by atoms with E-state index in [1.807, 2.05) is 14.1 Å². The Kier molecular flexibility index (Phi) is 13.2. The van der Waals surface area contributed by atoms with Gasteiger partial charge in [-0.1, -0.05) is 64.7 Å². The summed E-state index contributed by atoms with van der Waals surface area (Å²) in [4.78, 5) is 2.18. The SMILES string of the molecule is CCCCCCCCCCCC(CCCS(=O)(=O)O)N(C)C. The van der Waals surface area contributed by atoms with Gasteiger partial charge in [0.1, 0.15) is 0 Å². The van der Waals surface area contributed by atoms with Gasteiger partial charge in [0.05, 0.1) is 5.75 Å². The summed E-state index contributed by atoms with van der Waals surface area (Å²) in [6.45, 7) is 2.25. The van der Waals surface area contributed by atoms with Crippen LogP contribution in [0.5, 0.6) is 0 Å². The normalized spacial score (nSPS) is 13.7. The molecule has 0 spiro atoms. The lowest BCUT2D eigenvalue weighted by Crippen LogP contribution is -2.28. The molecule has 4 nitrogen and oxygen atoms in total. The summed E-state index contributed by atoms with van der Waals surface area (Å²) in [5.41, 5.74) is 0. The van der Waals surface area contributed by atoms with Gasteiger partial charge in [-0.25, -0.2) is 0 Å². The number of hydrogen-bond acceptors (Lipinski definition) is 3. The largest absolute Gasteiger partial charge is 0.306 e. The molecular formula is C17H37NO3S. The lowest BCUT2D eigenvalue weighted by atomic mass is 10.0. The Balaban J connectivity index is 3.61. The first kappa shape index (κ1) is 21.9. The third kappa shape index (κ3) is 14.8. The fourth-order valence-corrected chi connectivity index (χ4v) is 3.38. The van der Waals surface area contributed by atoms with Crippen LogP contribution in [0.3, 0.4) is 0 Å². The zero-order valence-corrected chi connectivity index (χ0v) is 15.7. The molecule has 0 aliphatic carbocycles. The predicted molar refractivity (Wildman–Crippen MR) is 95.0 cm³/mol. The van der Waals surface area contributed by atoms with E-state index in [0.717, 1.165) is 12.8 Å². The Bertz CT molecular complexity index is 342. The van der Waals surface area contributed by atoms with Crippen LogP contribution in [0.1, 0.15) is 84.0 Å². The van der Waals surface area contributed by atoms with Gasteiger partial charge in [-0.2, -0.15) is 8.42 Å². The Morgan fingerprint density at radius 3 is 1.73 bits per heavy atom. The first-order valence-corrected chi connectivity index (χ1v) is 10.6. The first-order valence-electron chi connectivity index (χ1n) is 8.98. The van der Waals surface area contributed by atoms with E-state index in [9.17, 15) is 8.42 Å². The third-order valence-electron chi connectivity index (χ3n) is 4.31. The Morgan fingerprint density at radius 2 is 1.27 bits per heavy atom. The van der Waals surface area contributed by atoms with Gasteiger partial charge >= 0.3 is 0 Å². The fraction of sp³-hybridized carbons (Fsp3) is 1.00. The first-order chi connectivity index (χ1) is 10.4. The molecule has 0 saturated heterocycles. The van der Waals surface area contributed by atoms with Crippen molar-refractivity contribution < 1.29 is 13.0 Å². The van der Waals surface area contributed by atoms with E-state index in [0.29, 0.717) is 12.5 Å². The van der Waals surface area contributed by atoms with Crippen molar-refractivity contribution in [3.63, 3.8) is 0 Å². The van der Waals surface area contributed by atoms with Crippen LogP contribution in [0.15, 0.2) is 0 Å².